The number of pyridine rings is 1. The summed E-state index contributed by atoms with van der Waals surface area (Å²) in [5.74, 6) is 0.429. The molecule has 0 atom stereocenters. The Morgan fingerprint density at radius 1 is 1.37 bits per heavy atom. The number of hydrogen-bond acceptors (Lipinski definition) is 2. The highest BCUT2D eigenvalue weighted by atomic mass is 19.3. The minimum Gasteiger partial charge on any atom is -0.292 e. The van der Waals surface area contributed by atoms with Crippen LogP contribution >= 0.6 is 0 Å². The average molecular weight is 266 g/mol. The maximum absolute atomic E-state index is 12.6. The Labute approximate surface area is 112 Å². The van der Waals surface area contributed by atoms with Gasteiger partial charge in [0.2, 0.25) is 0 Å². The Hall–Kier alpha value is -1.03. The number of halogens is 2. The molecule has 1 aliphatic heterocycles. The van der Waals surface area contributed by atoms with E-state index >= 15 is 0 Å². The van der Waals surface area contributed by atoms with E-state index in [1.54, 1.807) is 0 Å². The Morgan fingerprint density at radius 3 is 2.68 bits per heavy atom. The zero-order chi connectivity index (χ0) is 13.6. The smallest absolute Gasteiger partial charge is 0.251 e. The topological polar surface area (TPSA) is 16.1 Å². The van der Waals surface area contributed by atoms with Gasteiger partial charge in [-0.05, 0) is 29.9 Å². The van der Waals surface area contributed by atoms with Gasteiger partial charge in [0.25, 0.3) is 6.43 Å². The second-order valence-corrected chi connectivity index (χ2v) is 6.27. The van der Waals surface area contributed by atoms with E-state index in [-0.39, 0.29) is 12.0 Å². The molecule has 2 heterocycles. The third kappa shape index (κ3) is 2.38. The van der Waals surface area contributed by atoms with E-state index in [4.69, 9.17) is 0 Å². The van der Waals surface area contributed by atoms with Gasteiger partial charge in [0.1, 0.15) is 0 Å². The van der Waals surface area contributed by atoms with Gasteiger partial charge in [-0.3, -0.25) is 9.88 Å². The average Bonchev–Trinajstić information content (AvgIpc) is 3.07. The van der Waals surface area contributed by atoms with E-state index in [2.05, 4.69) is 24.9 Å². The highest BCUT2D eigenvalue weighted by Crippen LogP contribution is 2.51. The van der Waals surface area contributed by atoms with Gasteiger partial charge in [-0.25, -0.2) is 8.78 Å². The van der Waals surface area contributed by atoms with E-state index in [1.807, 2.05) is 11.1 Å². The maximum atomic E-state index is 12.6. The molecule has 4 heteroatoms. The predicted octanol–water partition coefficient (Wildman–Crippen LogP) is 3.32. The molecule has 3 rings (SSSR count). The van der Waals surface area contributed by atoms with Crippen molar-refractivity contribution >= 4 is 0 Å². The largest absolute Gasteiger partial charge is 0.292 e. The van der Waals surface area contributed by atoms with Crippen LogP contribution in [0.2, 0.25) is 0 Å². The normalized spacial score (nSPS) is 21.2. The van der Waals surface area contributed by atoms with E-state index in [1.165, 1.54) is 11.3 Å². The van der Waals surface area contributed by atoms with Gasteiger partial charge in [0, 0.05) is 24.7 Å². The highest BCUT2D eigenvalue weighted by molar-refractivity contribution is 5.38. The van der Waals surface area contributed by atoms with Crippen molar-refractivity contribution in [2.24, 2.45) is 0 Å². The van der Waals surface area contributed by atoms with Gasteiger partial charge in [-0.1, -0.05) is 19.9 Å². The van der Waals surface area contributed by atoms with E-state index in [0.29, 0.717) is 12.5 Å². The van der Waals surface area contributed by atoms with Crippen LogP contribution in [0.15, 0.2) is 12.3 Å². The molecule has 2 aliphatic rings. The number of fused-ring (bicyclic) bond motifs is 2. The Balaban J connectivity index is 1.92. The first-order valence-electron chi connectivity index (χ1n) is 7.00. The highest BCUT2D eigenvalue weighted by Gasteiger charge is 2.50. The lowest BCUT2D eigenvalue weighted by Crippen LogP contribution is -2.41. The predicted molar refractivity (Wildman–Crippen MR) is 70.5 cm³/mol. The molecule has 0 bridgehead atoms. The molecule has 0 N–H and O–H groups in total. The SMILES string of the molecule is CC(C)c1cnc2c(c1)CN(CC(F)F)CC21CC1. The first-order valence-corrected chi connectivity index (χ1v) is 7.00. The van der Waals surface area contributed by atoms with Crippen LogP contribution in [-0.2, 0) is 12.0 Å². The standard InChI is InChI=1S/C15H20F2N2/c1-10(2)11-5-12-7-19(8-13(16)17)9-15(3-4-15)14(12)18-6-11/h5-6,10,13H,3-4,7-9H2,1-2H3. The van der Waals surface area contributed by atoms with E-state index < -0.39 is 6.43 Å². The summed E-state index contributed by atoms with van der Waals surface area (Å²) in [4.78, 5) is 6.55. The van der Waals surface area contributed by atoms with Crippen LogP contribution in [0, 0.1) is 0 Å². The third-order valence-electron chi connectivity index (χ3n) is 4.33. The molecule has 1 aromatic heterocycles. The zero-order valence-electron chi connectivity index (χ0n) is 11.5. The lowest BCUT2D eigenvalue weighted by molar-refractivity contribution is 0.0742. The van der Waals surface area contributed by atoms with Crippen LogP contribution in [0.4, 0.5) is 8.78 Å². The fourth-order valence-corrected chi connectivity index (χ4v) is 3.11. The van der Waals surface area contributed by atoms with Gasteiger partial charge in [-0.2, -0.15) is 0 Å². The Kier molecular flexibility index (Phi) is 3.08. The molecule has 104 valence electrons. The summed E-state index contributed by atoms with van der Waals surface area (Å²) in [6.07, 6.45) is 1.90. The maximum Gasteiger partial charge on any atom is 0.251 e. The Bertz CT molecular complexity index is 481. The van der Waals surface area contributed by atoms with Crippen LogP contribution in [0.1, 0.15) is 49.4 Å². The molecule has 1 saturated carbocycles. The van der Waals surface area contributed by atoms with Gasteiger partial charge in [-0.15, -0.1) is 0 Å². The van der Waals surface area contributed by atoms with Gasteiger partial charge >= 0.3 is 0 Å². The lowest BCUT2D eigenvalue weighted by atomic mass is 9.90. The number of rotatable bonds is 3. The lowest BCUT2D eigenvalue weighted by Gasteiger charge is -2.34. The van der Waals surface area contributed by atoms with Gasteiger partial charge < -0.3 is 0 Å². The molecular weight excluding hydrogens is 246 g/mol. The quantitative estimate of drug-likeness (QED) is 0.834. The summed E-state index contributed by atoms with van der Waals surface area (Å²) in [5.41, 5.74) is 3.62. The number of nitrogens with zero attached hydrogens (tertiary/aromatic N) is 2. The number of aromatic nitrogens is 1. The van der Waals surface area contributed by atoms with Gasteiger partial charge in [0.05, 0.1) is 12.2 Å². The molecule has 0 amide bonds. The van der Waals surface area contributed by atoms with E-state index in [9.17, 15) is 8.78 Å². The first-order chi connectivity index (χ1) is 9.00. The van der Waals surface area contributed by atoms with E-state index in [0.717, 1.165) is 24.9 Å². The van der Waals surface area contributed by atoms with Crippen molar-refractivity contribution in [3.05, 3.63) is 29.1 Å². The number of alkyl halides is 2. The summed E-state index contributed by atoms with van der Waals surface area (Å²) >= 11 is 0. The van der Waals surface area contributed by atoms with Crippen molar-refractivity contribution in [3.63, 3.8) is 0 Å². The van der Waals surface area contributed by atoms with Crippen molar-refractivity contribution in [1.82, 2.24) is 9.88 Å². The molecule has 1 fully saturated rings. The molecule has 0 saturated heterocycles. The Morgan fingerprint density at radius 2 is 2.11 bits per heavy atom. The van der Waals surface area contributed by atoms with Crippen molar-refractivity contribution in [2.75, 3.05) is 13.1 Å². The fraction of sp³-hybridized carbons (Fsp3) is 0.667. The molecule has 0 aromatic carbocycles. The first kappa shape index (κ1) is 13.0. The molecule has 1 aliphatic carbocycles. The second kappa shape index (κ2) is 4.51. The molecule has 19 heavy (non-hydrogen) atoms. The summed E-state index contributed by atoms with van der Waals surface area (Å²) in [5, 5.41) is 0. The summed E-state index contributed by atoms with van der Waals surface area (Å²) in [6.45, 7) is 5.52. The second-order valence-electron chi connectivity index (χ2n) is 6.27. The summed E-state index contributed by atoms with van der Waals surface area (Å²) in [6, 6.07) is 2.17. The van der Waals surface area contributed by atoms with Crippen LogP contribution < -0.4 is 0 Å². The molecule has 1 aromatic rings. The van der Waals surface area contributed by atoms with Gasteiger partial charge in [0.15, 0.2) is 0 Å². The molecule has 2 nitrogen and oxygen atoms in total. The van der Waals surface area contributed by atoms with Crippen LogP contribution in [0.25, 0.3) is 0 Å². The van der Waals surface area contributed by atoms with Crippen LogP contribution in [0.5, 0.6) is 0 Å². The zero-order valence-corrected chi connectivity index (χ0v) is 11.5. The third-order valence-corrected chi connectivity index (χ3v) is 4.33. The van der Waals surface area contributed by atoms with Crippen LogP contribution in [0.3, 0.4) is 0 Å². The van der Waals surface area contributed by atoms with Crippen molar-refractivity contribution in [1.29, 1.82) is 0 Å². The van der Waals surface area contributed by atoms with Crippen molar-refractivity contribution in [2.45, 2.75) is 51.0 Å². The minimum absolute atomic E-state index is 0.0813. The summed E-state index contributed by atoms with van der Waals surface area (Å²) in [7, 11) is 0. The summed E-state index contributed by atoms with van der Waals surface area (Å²) < 4.78 is 25.2. The molecular formula is C15H20F2N2. The van der Waals surface area contributed by atoms with Crippen molar-refractivity contribution in [3.8, 4) is 0 Å². The molecule has 0 radical (unpaired) electrons. The fourth-order valence-electron chi connectivity index (χ4n) is 3.11. The minimum atomic E-state index is -2.25. The monoisotopic (exact) mass is 266 g/mol. The molecule has 0 unspecified atom stereocenters. The van der Waals surface area contributed by atoms with Crippen LogP contribution in [-0.4, -0.2) is 29.4 Å². The number of hydrogen-bond donors (Lipinski definition) is 0. The molecule has 1 spiro atoms. The van der Waals surface area contributed by atoms with Crippen molar-refractivity contribution < 1.29 is 8.78 Å².